The second-order valence-electron chi connectivity index (χ2n) is 4.72. The van der Waals surface area contributed by atoms with Crippen molar-refractivity contribution < 1.29 is 0 Å². The molecule has 0 aliphatic carbocycles. The van der Waals surface area contributed by atoms with E-state index in [-0.39, 0.29) is 0 Å². The first-order chi connectivity index (χ1) is 10.4. The average molecular weight is 279 g/mol. The summed E-state index contributed by atoms with van der Waals surface area (Å²) in [6, 6.07) is 11.9. The Morgan fingerprint density at radius 2 is 1.90 bits per heavy atom. The van der Waals surface area contributed by atoms with Gasteiger partial charge in [-0.15, -0.1) is 0 Å². The quantitative estimate of drug-likeness (QED) is 0.747. The monoisotopic (exact) mass is 279 g/mol. The molecule has 106 valence electrons. The third-order valence-corrected chi connectivity index (χ3v) is 3.13. The molecule has 0 aliphatic heterocycles. The van der Waals surface area contributed by atoms with Crippen molar-refractivity contribution in [3.05, 3.63) is 48.9 Å². The van der Waals surface area contributed by atoms with E-state index >= 15 is 0 Å². The Morgan fingerprint density at radius 3 is 2.81 bits per heavy atom. The van der Waals surface area contributed by atoms with Gasteiger partial charge in [0.25, 0.3) is 0 Å². The van der Waals surface area contributed by atoms with Crippen molar-refractivity contribution in [1.82, 2.24) is 15.0 Å². The lowest BCUT2D eigenvalue weighted by molar-refractivity contribution is 0.965. The van der Waals surface area contributed by atoms with E-state index < -0.39 is 0 Å². The number of aromatic nitrogens is 3. The van der Waals surface area contributed by atoms with Crippen LogP contribution in [0.4, 0.5) is 17.3 Å². The van der Waals surface area contributed by atoms with Crippen LogP contribution in [0.2, 0.25) is 0 Å². The molecule has 0 saturated heterocycles. The first kappa shape index (κ1) is 13.3. The molecule has 2 aromatic heterocycles. The fraction of sp³-hybridized carbons (Fsp3) is 0.188. The lowest BCUT2D eigenvalue weighted by Crippen LogP contribution is -2.03. The summed E-state index contributed by atoms with van der Waals surface area (Å²) in [7, 11) is 0. The summed E-state index contributed by atoms with van der Waals surface area (Å²) in [6.45, 7) is 3.02. The van der Waals surface area contributed by atoms with E-state index in [9.17, 15) is 0 Å². The minimum absolute atomic E-state index is 0.764. The van der Waals surface area contributed by atoms with Crippen LogP contribution in [0, 0.1) is 0 Å². The summed E-state index contributed by atoms with van der Waals surface area (Å²) < 4.78 is 0. The highest BCUT2D eigenvalue weighted by atomic mass is 15.1. The van der Waals surface area contributed by atoms with E-state index in [1.165, 1.54) is 0 Å². The molecule has 0 spiro atoms. The largest absolute Gasteiger partial charge is 0.370 e. The highest BCUT2D eigenvalue weighted by molar-refractivity contribution is 5.92. The van der Waals surface area contributed by atoms with Crippen molar-refractivity contribution in [3.63, 3.8) is 0 Å². The van der Waals surface area contributed by atoms with Crippen molar-refractivity contribution in [3.8, 4) is 0 Å². The Hall–Kier alpha value is -2.69. The third-order valence-electron chi connectivity index (χ3n) is 3.13. The summed E-state index contributed by atoms with van der Waals surface area (Å²) in [5.41, 5.74) is 1.95. The maximum absolute atomic E-state index is 4.36. The van der Waals surface area contributed by atoms with Crippen molar-refractivity contribution in [1.29, 1.82) is 0 Å². The highest BCUT2D eigenvalue weighted by Gasteiger charge is 2.03. The van der Waals surface area contributed by atoms with Gasteiger partial charge in [0.2, 0.25) is 0 Å². The molecule has 5 heteroatoms. The topological polar surface area (TPSA) is 62.7 Å². The normalized spacial score (nSPS) is 10.5. The Balaban J connectivity index is 1.88. The summed E-state index contributed by atoms with van der Waals surface area (Å²) in [4.78, 5) is 12.8. The van der Waals surface area contributed by atoms with Gasteiger partial charge in [-0.05, 0) is 30.7 Å². The smallest absolute Gasteiger partial charge is 0.135 e. The Labute approximate surface area is 123 Å². The Bertz CT molecular complexity index is 736. The molecule has 0 saturated carbocycles. The number of nitrogens with one attached hydrogen (secondary N) is 2. The molecule has 0 bridgehead atoms. The number of fused-ring (bicyclic) bond motifs is 1. The van der Waals surface area contributed by atoms with Gasteiger partial charge in [0, 0.05) is 29.9 Å². The van der Waals surface area contributed by atoms with E-state index in [4.69, 9.17) is 0 Å². The number of nitrogens with zero attached hydrogens (tertiary/aromatic N) is 3. The van der Waals surface area contributed by atoms with Crippen molar-refractivity contribution in [2.75, 3.05) is 17.2 Å². The number of hydrogen-bond acceptors (Lipinski definition) is 5. The summed E-state index contributed by atoms with van der Waals surface area (Å²) in [5.74, 6) is 1.59. The standard InChI is InChI=1S/C16H17N5/c1-2-8-18-15-10-16(20-11-19-15)21-14-7-3-6-13-12(14)5-4-9-17-13/h3-7,9-11H,2,8H2,1H3,(H2,18,19,20,21). The Morgan fingerprint density at radius 1 is 1.00 bits per heavy atom. The van der Waals surface area contributed by atoms with E-state index in [2.05, 4.69) is 32.5 Å². The van der Waals surface area contributed by atoms with Crippen LogP contribution in [0.3, 0.4) is 0 Å². The summed E-state index contributed by atoms with van der Waals surface area (Å²) >= 11 is 0. The van der Waals surface area contributed by atoms with Gasteiger partial charge in [-0.1, -0.05) is 13.0 Å². The van der Waals surface area contributed by atoms with Crippen molar-refractivity contribution in [2.45, 2.75) is 13.3 Å². The van der Waals surface area contributed by atoms with Crippen LogP contribution in [0.15, 0.2) is 48.9 Å². The van der Waals surface area contributed by atoms with Crippen LogP contribution in [0.25, 0.3) is 10.9 Å². The van der Waals surface area contributed by atoms with Gasteiger partial charge in [0.15, 0.2) is 0 Å². The molecule has 0 radical (unpaired) electrons. The van der Waals surface area contributed by atoms with Gasteiger partial charge in [0.05, 0.1) is 5.52 Å². The number of pyridine rings is 1. The number of rotatable bonds is 5. The van der Waals surface area contributed by atoms with Gasteiger partial charge in [-0.3, -0.25) is 4.98 Å². The molecule has 2 heterocycles. The number of hydrogen-bond donors (Lipinski definition) is 2. The van der Waals surface area contributed by atoms with Crippen molar-refractivity contribution in [2.24, 2.45) is 0 Å². The van der Waals surface area contributed by atoms with Gasteiger partial charge in [0.1, 0.15) is 18.0 Å². The predicted molar refractivity (Wildman–Crippen MR) is 85.8 cm³/mol. The number of anilines is 3. The molecule has 0 fully saturated rings. The molecule has 2 N–H and O–H groups in total. The molecule has 0 unspecified atom stereocenters. The predicted octanol–water partition coefficient (Wildman–Crippen LogP) is 3.59. The minimum atomic E-state index is 0.764. The molecule has 0 aliphatic rings. The average Bonchev–Trinajstić information content (AvgIpc) is 2.54. The SMILES string of the molecule is CCCNc1cc(Nc2cccc3ncccc23)ncn1. The van der Waals surface area contributed by atoms with Gasteiger partial charge < -0.3 is 10.6 Å². The van der Waals surface area contributed by atoms with Gasteiger partial charge in [-0.2, -0.15) is 0 Å². The number of benzene rings is 1. The lowest BCUT2D eigenvalue weighted by Gasteiger charge is -2.10. The van der Waals surface area contributed by atoms with Crippen LogP contribution < -0.4 is 10.6 Å². The minimum Gasteiger partial charge on any atom is -0.370 e. The van der Waals surface area contributed by atoms with Crippen LogP contribution >= 0.6 is 0 Å². The zero-order valence-corrected chi connectivity index (χ0v) is 11.9. The van der Waals surface area contributed by atoms with Crippen LogP contribution in [0.1, 0.15) is 13.3 Å². The van der Waals surface area contributed by atoms with Gasteiger partial charge in [-0.25, -0.2) is 9.97 Å². The molecule has 0 amide bonds. The van der Waals surface area contributed by atoms with E-state index in [1.807, 2.05) is 36.4 Å². The van der Waals surface area contributed by atoms with E-state index in [1.54, 1.807) is 12.5 Å². The van der Waals surface area contributed by atoms with Crippen molar-refractivity contribution >= 4 is 28.2 Å². The second kappa shape index (κ2) is 6.17. The molecule has 3 aromatic rings. The molecule has 21 heavy (non-hydrogen) atoms. The zero-order chi connectivity index (χ0) is 14.5. The third kappa shape index (κ3) is 3.08. The fourth-order valence-corrected chi connectivity index (χ4v) is 2.13. The molecular weight excluding hydrogens is 262 g/mol. The molecule has 5 nitrogen and oxygen atoms in total. The first-order valence-corrected chi connectivity index (χ1v) is 7.03. The fourth-order valence-electron chi connectivity index (χ4n) is 2.13. The first-order valence-electron chi connectivity index (χ1n) is 7.03. The molecule has 3 rings (SSSR count). The van der Waals surface area contributed by atoms with Gasteiger partial charge >= 0.3 is 0 Å². The highest BCUT2D eigenvalue weighted by Crippen LogP contribution is 2.24. The van der Waals surface area contributed by atoms with E-state index in [0.29, 0.717) is 0 Å². The second-order valence-corrected chi connectivity index (χ2v) is 4.72. The van der Waals surface area contributed by atoms with Crippen LogP contribution in [-0.4, -0.2) is 21.5 Å². The van der Waals surface area contributed by atoms with Crippen LogP contribution in [-0.2, 0) is 0 Å². The summed E-state index contributed by atoms with van der Waals surface area (Å²) in [5, 5.41) is 7.66. The zero-order valence-electron chi connectivity index (χ0n) is 11.9. The molecule has 1 aromatic carbocycles. The Kier molecular flexibility index (Phi) is 3.91. The summed E-state index contributed by atoms with van der Waals surface area (Å²) in [6.07, 6.45) is 4.41. The molecule has 0 atom stereocenters. The van der Waals surface area contributed by atoms with E-state index in [0.717, 1.165) is 41.2 Å². The van der Waals surface area contributed by atoms with Crippen LogP contribution in [0.5, 0.6) is 0 Å². The maximum atomic E-state index is 4.36. The molecular formula is C16H17N5. The lowest BCUT2D eigenvalue weighted by atomic mass is 10.2. The maximum Gasteiger partial charge on any atom is 0.135 e.